The summed E-state index contributed by atoms with van der Waals surface area (Å²) < 4.78 is 12.1. The first-order chi connectivity index (χ1) is 13.1. The predicted octanol–water partition coefficient (Wildman–Crippen LogP) is 5.65. The highest BCUT2D eigenvalue weighted by molar-refractivity contribution is 5.70. The van der Waals surface area contributed by atoms with Gasteiger partial charge in [0.05, 0.1) is 11.4 Å². The summed E-state index contributed by atoms with van der Waals surface area (Å²) in [5.74, 6) is -0.875. The minimum atomic E-state index is -0.576. The number of phenols is 1. The van der Waals surface area contributed by atoms with Gasteiger partial charge < -0.3 is 5.11 Å². The van der Waals surface area contributed by atoms with Crippen LogP contribution in [0.1, 0.15) is 5.56 Å². The number of benzene rings is 2. The standard InChI is InChI=1S/C17H14N2.C6H5FO/c1-13-10-14(16-6-2-4-8-18-16)12-15(11-13)17-7-3-5-9-19-17;7-5-3-1-2-4-6(5)8/h2-12H,1H3;1-4,8H. The molecule has 1 N–H and O–H groups in total. The molecule has 4 rings (SSSR count). The first-order valence-electron chi connectivity index (χ1n) is 8.51. The molecule has 2 aromatic heterocycles. The Balaban J connectivity index is 0.000000221. The monoisotopic (exact) mass is 358 g/mol. The van der Waals surface area contributed by atoms with Crippen LogP contribution < -0.4 is 0 Å². The van der Waals surface area contributed by atoms with Crippen molar-refractivity contribution in [3.63, 3.8) is 0 Å². The third-order valence-corrected chi connectivity index (χ3v) is 3.85. The summed E-state index contributed by atoms with van der Waals surface area (Å²) in [5, 5.41) is 8.54. The lowest BCUT2D eigenvalue weighted by Gasteiger charge is -2.07. The molecule has 0 radical (unpaired) electrons. The van der Waals surface area contributed by atoms with Gasteiger partial charge >= 0.3 is 0 Å². The molecule has 0 aliphatic rings. The average Bonchev–Trinajstić information content (AvgIpc) is 2.72. The van der Waals surface area contributed by atoms with Crippen LogP contribution in [0.2, 0.25) is 0 Å². The number of para-hydroxylation sites is 1. The molecule has 0 aliphatic carbocycles. The second-order valence-corrected chi connectivity index (χ2v) is 5.97. The maximum Gasteiger partial charge on any atom is 0.164 e. The number of hydrogen-bond donors (Lipinski definition) is 1. The van der Waals surface area contributed by atoms with Crippen molar-refractivity contribution in [2.24, 2.45) is 0 Å². The van der Waals surface area contributed by atoms with E-state index in [1.807, 2.05) is 48.8 Å². The summed E-state index contributed by atoms with van der Waals surface area (Å²) in [6.45, 7) is 2.10. The predicted molar refractivity (Wildman–Crippen MR) is 106 cm³/mol. The van der Waals surface area contributed by atoms with Gasteiger partial charge in [0, 0.05) is 23.5 Å². The number of rotatable bonds is 2. The van der Waals surface area contributed by atoms with Crippen LogP contribution in [0.15, 0.2) is 91.3 Å². The number of aromatic hydroxyl groups is 1. The van der Waals surface area contributed by atoms with Crippen molar-refractivity contribution in [1.29, 1.82) is 0 Å². The topological polar surface area (TPSA) is 46.0 Å². The van der Waals surface area contributed by atoms with E-state index in [-0.39, 0.29) is 5.75 Å². The molecule has 4 heteroatoms. The lowest BCUT2D eigenvalue weighted by molar-refractivity contribution is 0.432. The van der Waals surface area contributed by atoms with Crippen LogP contribution >= 0.6 is 0 Å². The highest BCUT2D eigenvalue weighted by atomic mass is 19.1. The van der Waals surface area contributed by atoms with E-state index in [1.54, 1.807) is 6.07 Å². The second-order valence-electron chi connectivity index (χ2n) is 5.97. The molecule has 27 heavy (non-hydrogen) atoms. The molecule has 0 saturated heterocycles. The van der Waals surface area contributed by atoms with Crippen LogP contribution in [0, 0.1) is 12.7 Å². The Hall–Kier alpha value is -3.53. The van der Waals surface area contributed by atoms with Crippen LogP contribution in [0.25, 0.3) is 22.5 Å². The summed E-state index contributed by atoms with van der Waals surface area (Å²) in [5.41, 5.74) is 5.44. The van der Waals surface area contributed by atoms with E-state index < -0.39 is 5.82 Å². The van der Waals surface area contributed by atoms with Crippen LogP contribution in [-0.2, 0) is 0 Å². The number of aromatic nitrogens is 2. The third kappa shape index (κ3) is 4.98. The van der Waals surface area contributed by atoms with Crippen LogP contribution in [0.5, 0.6) is 5.75 Å². The van der Waals surface area contributed by atoms with E-state index in [4.69, 9.17) is 5.11 Å². The maximum absolute atomic E-state index is 12.1. The molecule has 0 bridgehead atoms. The quantitative estimate of drug-likeness (QED) is 0.504. The lowest BCUT2D eigenvalue weighted by atomic mass is 10.0. The van der Waals surface area contributed by atoms with Crippen molar-refractivity contribution >= 4 is 0 Å². The normalized spacial score (nSPS) is 10.0. The maximum atomic E-state index is 12.1. The zero-order valence-corrected chi connectivity index (χ0v) is 14.9. The van der Waals surface area contributed by atoms with Gasteiger partial charge in [-0.2, -0.15) is 0 Å². The summed E-state index contributed by atoms with van der Waals surface area (Å²) >= 11 is 0. The van der Waals surface area contributed by atoms with E-state index in [2.05, 4.69) is 35.1 Å². The molecular formula is C23H19FN2O. The van der Waals surface area contributed by atoms with E-state index >= 15 is 0 Å². The van der Waals surface area contributed by atoms with Gasteiger partial charge in [0.1, 0.15) is 0 Å². The van der Waals surface area contributed by atoms with Crippen molar-refractivity contribution in [3.8, 4) is 28.3 Å². The summed E-state index contributed by atoms with van der Waals surface area (Å²) in [7, 11) is 0. The second kappa shape index (κ2) is 8.72. The van der Waals surface area contributed by atoms with E-state index in [0.29, 0.717) is 0 Å². The molecule has 0 spiro atoms. The summed E-state index contributed by atoms with van der Waals surface area (Å²) in [6.07, 6.45) is 3.64. The Morgan fingerprint density at radius 2 is 1.22 bits per heavy atom. The molecule has 2 heterocycles. The average molecular weight is 358 g/mol. The molecule has 3 nitrogen and oxygen atoms in total. The molecule has 134 valence electrons. The van der Waals surface area contributed by atoms with Crippen molar-refractivity contribution in [1.82, 2.24) is 9.97 Å². The Morgan fingerprint density at radius 3 is 1.63 bits per heavy atom. The van der Waals surface area contributed by atoms with Crippen LogP contribution in [0.3, 0.4) is 0 Å². The van der Waals surface area contributed by atoms with Gasteiger partial charge in [0.25, 0.3) is 0 Å². The molecule has 0 saturated carbocycles. The van der Waals surface area contributed by atoms with Gasteiger partial charge in [-0.15, -0.1) is 0 Å². The minimum absolute atomic E-state index is 0.299. The van der Waals surface area contributed by atoms with Gasteiger partial charge in [-0.05, 0) is 67.1 Å². The Kier molecular flexibility index (Phi) is 5.90. The number of hydrogen-bond acceptors (Lipinski definition) is 3. The third-order valence-electron chi connectivity index (χ3n) is 3.85. The fraction of sp³-hybridized carbons (Fsp3) is 0.0435. The van der Waals surface area contributed by atoms with Crippen molar-refractivity contribution < 1.29 is 9.50 Å². The molecule has 2 aromatic carbocycles. The SMILES string of the molecule is Cc1cc(-c2ccccn2)cc(-c2ccccn2)c1.Oc1ccccc1F. The fourth-order valence-electron chi connectivity index (χ4n) is 2.60. The Bertz CT molecular complexity index is 926. The van der Waals surface area contributed by atoms with Crippen LogP contribution in [-0.4, -0.2) is 15.1 Å². The zero-order valence-electron chi connectivity index (χ0n) is 14.9. The van der Waals surface area contributed by atoms with E-state index in [9.17, 15) is 4.39 Å². The van der Waals surface area contributed by atoms with Gasteiger partial charge in [0.15, 0.2) is 11.6 Å². The molecule has 0 atom stereocenters. The number of pyridine rings is 2. The molecule has 0 amide bonds. The van der Waals surface area contributed by atoms with Crippen molar-refractivity contribution in [2.45, 2.75) is 6.92 Å². The van der Waals surface area contributed by atoms with Crippen molar-refractivity contribution in [3.05, 3.63) is 103 Å². The smallest absolute Gasteiger partial charge is 0.164 e. The molecule has 0 fully saturated rings. The highest BCUT2D eigenvalue weighted by Gasteiger charge is 2.04. The lowest BCUT2D eigenvalue weighted by Crippen LogP contribution is -1.87. The first kappa shape index (κ1) is 18.3. The highest BCUT2D eigenvalue weighted by Crippen LogP contribution is 2.25. The number of nitrogens with zero attached hydrogens (tertiary/aromatic N) is 2. The largest absolute Gasteiger partial charge is 0.505 e. The zero-order chi connectivity index (χ0) is 19.1. The number of halogens is 1. The Morgan fingerprint density at radius 1 is 0.704 bits per heavy atom. The van der Waals surface area contributed by atoms with E-state index in [0.717, 1.165) is 22.5 Å². The summed E-state index contributed by atoms with van der Waals surface area (Å²) in [6, 6.07) is 23.9. The molecular weight excluding hydrogens is 339 g/mol. The van der Waals surface area contributed by atoms with Gasteiger partial charge in [-0.1, -0.05) is 24.3 Å². The molecule has 0 unspecified atom stereocenters. The summed E-state index contributed by atoms with van der Waals surface area (Å²) in [4.78, 5) is 8.81. The number of phenolic OH excluding ortho intramolecular Hbond substituents is 1. The van der Waals surface area contributed by atoms with E-state index in [1.165, 1.54) is 23.8 Å². The van der Waals surface area contributed by atoms with Gasteiger partial charge in [-0.25, -0.2) is 4.39 Å². The van der Waals surface area contributed by atoms with Gasteiger partial charge in [-0.3, -0.25) is 9.97 Å². The first-order valence-corrected chi connectivity index (χ1v) is 8.51. The molecule has 0 aliphatic heterocycles. The number of aryl methyl sites for hydroxylation is 1. The van der Waals surface area contributed by atoms with Crippen LogP contribution in [0.4, 0.5) is 4.39 Å². The molecule has 4 aromatic rings. The minimum Gasteiger partial charge on any atom is -0.505 e. The van der Waals surface area contributed by atoms with Crippen molar-refractivity contribution in [2.75, 3.05) is 0 Å². The fourth-order valence-corrected chi connectivity index (χ4v) is 2.60. The Labute approximate surface area is 157 Å². The van der Waals surface area contributed by atoms with Gasteiger partial charge in [0.2, 0.25) is 0 Å².